The SMILES string of the molecule is CC(=O)C(N)COc1cccc(CCNS(=O)(=O)c2ccc(Cl)cc2)c1. The second kappa shape index (κ2) is 9.14. The van der Waals surface area contributed by atoms with E-state index in [1.165, 1.54) is 31.2 Å². The minimum Gasteiger partial charge on any atom is -0.491 e. The summed E-state index contributed by atoms with van der Waals surface area (Å²) in [6, 6.07) is 12.5. The third-order valence-electron chi connectivity index (χ3n) is 3.68. The number of carbonyl (C=O) groups is 1. The van der Waals surface area contributed by atoms with Crippen LogP contribution in [0.5, 0.6) is 5.75 Å². The van der Waals surface area contributed by atoms with Crippen molar-refractivity contribution in [2.24, 2.45) is 5.73 Å². The fraction of sp³-hybridized carbons (Fsp3) is 0.278. The summed E-state index contributed by atoms with van der Waals surface area (Å²) in [5, 5.41) is 0.477. The standard InChI is InChI=1S/C18H21ClN2O4S/c1-13(22)18(20)12-25-16-4-2-3-14(11-16)9-10-21-26(23,24)17-7-5-15(19)6-8-17/h2-8,11,18,21H,9-10,12,20H2,1H3. The van der Waals surface area contributed by atoms with Gasteiger partial charge in [-0.1, -0.05) is 23.7 Å². The lowest BCUT2D eigenvalue weighted by Gasteiger charge is -2.11. The van der Waals surface area contributed by atoms with Crippen LogP contribution in [0.4, 0.5) is 0 Å². The van der Waals surface area contributed by atoms with Gasteiger partial charge in [-0.2, -0.15) is 0 Å². The van der Waals surface area contributed by atoms with Gasteiger partial charge in [0.2, 0.25) is 10.0 Å². The molecule has 8 heteroatoms. The second-order valence-electron chi connectivity index (χ2n) is 5.78. The van der Waals surface area contributed by atoms with Gasteiger partial charge in [0, 0.05) is 11.6 Å². The first-order valence-electron chi connectivity index (χ1n) is 8.01. The van der Waals surface area contributed by atoms with Crippen LogP contribution in [0.3, 0.4) is 0 Å². The maximum absolute atomic E-state index is 12.2. The first-order chi connectivity index (χ1) is 12.3. The lowest BCUT2D eigenvalue weighted by molar-refractivity contribution is -0.118. The van der Waals surface area contributed by atoms with Crippen LogP contribution in [0.1, 0.15) is 12.5 Å². The Bertz CT molecular complexity index is 854. The molecule has 0 aliphatic rings. The number of rotatable bonds is 9. The van der Waals surface area contributed by atoms with Gasteiger partial charge in [-0.25, -0.2) is 13.1 Å². The van der Waals surface area contributed by atoms with E-state index in [1.807, 2.05) is 6.07 Å². The zero-order chi connectivity index (χ0) is 19.2. The number of Topliss-reactive ketones (excluding diaryl/α,β-unsaturated/α-hetero) is 1. The van der Waals surface area contributed by atoms with Crippen LogP contribution < -0.4 is 15.2 Å². The summed E-state index contributed by atoms with van der Waals surface area (Å²) < 4.78 is 32.5. The molecule has 2 aromatic rings. The number of nitrogens with two attached hydrogens (primary N) is 1. The molecule has 26 heavy (non-hydrogen) atoms. The minimum atomic E-state index is -3.58. The fourth-order valence-corrected chi connectivity index (χ4v) is 3.28. The lowest BCUT2D eigenvalue weighted by Crippen LogP contribution is -2.34. The summed E-state index contributed by atoms with van der Waals surface area (Å²) in [6.45, 7) is 1.75. The molecule has 0 radical (unpaired) electrons. The molecule has 6 nitrogen and oxygen atoms in total. The molecule has 1 atom stereocenters. The highest BCUT2D eigenvalue weighted by atomic mass is 35.5. The highest BCUT2D eigenvalue weighted by Crippen LogP contribution is 2.15. The monoisotopic (exact) mass is 396 g/mol. The van der Waals surface area contributed by atoms with Gasteiger partial charge in [-0.3, -0.25) is 4.79 Å². The molecule has 0 aliphatic carbocycles. The molecule has 0 bridgehead atoms. The van der Waals surface area contributed by atoms with Gasteiger partial charge < -0.3 is 10.5 Å². The fourth-order valence-electron chi connectivity index (χ4n) is 2.12. The van der Waals surface area contributed by atoms with Gasteiger partial charge >= 0.3 is 0 Å². The molecule has 3 N–H and O–H groups in total. The van der Waals surface area contributed by atoms with Crippen LogP contribution >= 0.6 is 11.6 Å². The zero-order valence-electron chi connectivity index (χ0n) is 14.3. The van der Waals surface area contributed by atoms with E-state index in [9.17, 15) is 13.2 Å². The molecule has 2 rings (SSSR count). The summed E-state index contributed by atoms with van der Waals surface area (Å²) in [4.78, 5) is 11.3. The average Bonchev–Trinajstić information content (AvgIpc) is 2.60. The summed E-state index contributed by atoms with van der Waals surface area (Å²) >= 11 is 5.77. The maximum atomic E-state index is 12.2. The predicted molar refractivity (Wildman–Crippen MR) is 101 cm³/mol. The van der Waals surface area contributed by atoms with Gasteiger partial charge in [0.05, 0.1) is 10.9 Å². The van der Waals surface area contributed by atoms with Crippen LogP contribution in [0.2, 0.25) is 5.02 Å². The molecule has 2 aromatic carbocycles. The molecule has 0 heterocycles. The number of halogens is 1. The quantitative estimate of drug-likeness (QED) is 0.676. The Kier molecular flexibility index (Phi) is 7.16. The van der Waals surface area contributed by atoms with Crippen molar-refractivity contribution in [1.29, 1.82) is 0 Å². The van der Waals surface area contributed by atoms with E-state index in [0.717, 1.165) is 5.56 Å². The van der Waals surface area contributed by atoms with Crippen LogP contribution in [0, 0.1) is 0 Å². The second-order valence-corrected chi connectivity index (χ2v) is 7.98. The summed E-state index contributed by atoms with van der Waals surface area (Å²) in [7, 11) is -3.58. The van der Waals surface area contributed by atoms with E-state index in [-0.39, 0.29) is 23.8 Å². The van der Waals surface area contributed by atoms with Crippen molar-refractivity contribution in [2.45, 2.75) is 24.3 Å². The third-order valence-corrected chi connectivity index (χ3v) is 5.41. The zero-order valence-corrected chi connectivity index (χ0v) is 15.9. The predicted octanol–water partition coefficient (Wildman–Crippen LogP) is 2.16. The Labute approximate surface area is 158 Å². The van der Waals surface area contributed by atoms with E-state index in [4.69, 9.17) is 22.1 Å². The number of benzene rings is 2. The van der Waals surface area contributed by atoms with Gasteiger partial charge in [-0.15, -0.1) is 0 Å². The molecular weight excluding hydrogens is 376 g/mol. The molecular formula is C18H21ClN2O4S. The largest absolute Gasteiger partial charge is 0.491 e. The molecule has 0 aromatic heterocycles. The molecule has 1 unspecified atom stereocenters. The first-order valence-corrected chi connectivity index (χ1v) is 9.87. The topological polar surface area (TPSA) is 98.5 Å². The Balaban J connectivity index is 1.90. The van der Waals surface area contributed by atoms with E-state index >= 15 is 0 Å². The Hall–Kier alpha value is -1.93. The van der Waals surface area contributed by atoms with Crippen molar-refractivity contribution in [2.75, 3.05) is 13.2 Å². The van der Waals surface area contributed by atoms with Crippen molar-refractivity contribution in [3.63, 3.8) is 0 Å². The van der Waals surface area contributed by atoms with Crippen molar-refractivity contribution < 1.29 is 17.9 Å². The molecule has 0 saturated carbocycles. The maximum Gasteiger partial charge on any atom is 0.240 e. The Morgan fingerprint density at radius 2 is 1.92 bits per heavy atom. The summed E-state index contributed by atoms with van der Waals surface area (Å²) in [5.41, 5.74) is 6.54. The Morgan fingerprint density at radius 1 is 1.23 bits per heavy atom. The summed E-state index contributed by atoms with van der Waals surface area (Å²) in [5.74, 6) is 0.442. The first kappa shape index (κ1) is 20.4. The molecule has 140 valence electrons. The highest BCUT2D eigenvalue weighted by Gasteiger charge is 2.13. The molecule has 0 amide bonds. The normalized spacial score (nSPS) is 12.6. The summed E-state index contributed by atoms with van der Waals surface area (Å²) in [6.07, 6.45) is 0.489. The van der Waals surface area contributed by atoms with Crippen LogP contribution in [-0.2, 0) is 21.2 Å². The van der Waals surface area contributed by atoms with Gasteiger partial charge in [0.15, 0.2) is 0 Å². The minimum absolute atomic E-state index is 0.0992. The number of sulfonamides is 1. The number of ketones is 1. The van der Waals surface area contributed by atoms with Gasteiger partial charge in [0.1, 0.15) is 18.1 Å². The van der Waals surface area contributed by atoms with E-state index in [0.29, 0.717) is 17.2 Å². The van der Waals surface area contributed by atoms with Crippen LogP contribution in [-0.4, -0.2) is 33.4 Å². The van der Waals surface area contributed by atoms with E-state index in [2.05, 4.69) is 4.72 Å². The van der Waals surface area contributed by atoms with Crippen molar-refractivity contribution >= 4 is 27.4 Å². The smallest absolute Gasteiger partial charge is 0.240 e. The number of ether oxygens (including phenoxy) is 1. The molecule has 0 saturated heterocycles. The van der Waals surface area contributed by atoms with Crippen molar-refractivity contribution in [1.82, 2.24) is 4.72 Å². The molecule has 0 fully saturated rings. The van der Waals surface area contributed by atoms with E-state index in [1.54, 1.807) is 18.2 Å². The number of carbonyl (C=O) groups excluding carboxylic acids is 1. The Morgan fingerprint density at radius 3 is 2.58 bits per heavy atom. The molecule has 0 aliphatic heterocycles. The average molecular weight is 397 g/mol. The van der Waals surface area contributed by atoms with Gasteiger partial charge in [-0.05, 0) is 55.3 Å². The van der Waals surface area contributed by atoms with Gasteiger partial charge in [0.25, 0.3) is 0 Å². The van der Waals surface area contributed by atoms with Crippen molar-refractivity contribution in [3.8, 4) is 5.75 Å². The molecule has 0 spiro atoms. The van der Waals surface area contributed by atoms with Crippen LogP contribution in [0.25, 0.3) is 0 Å². The lowest BCUT2D eigenvalue weighted by atomic mass is 10.1. The van der Waals surface area contributed by atoms with Crippen molar-refractivity contribution in [3.05, 3.63) is 59.1 Å². The number of hydrogen-bond acceptors (Lipinski definition) is 5. The number of hydrogen-bond donors (Lipinski definition) is 2. The highest BCUT2D eigenvalue weighted by molar-refractivity contribution is 7.89. The number of nitrogens with one attached hydrogen (secondary N) is 1. The third kappa shape index (κ3) is 6.10. The van der Waals surface area contributed by atoms with Crippen LogP contribution in [0.15, 0.2) is 53.4 Å². The van der Waals surface area contributed by atoms with E-state index < -0.39 is 16.1 Å².